The van der Waals surface area contributed by atoms with Crippen LogP contribution in [0.3, 0.4) is 0 Å². The lowest BCUT2D eigenvalue weighted by molar-refractivity contribution is 0.333. The number of nitrogen functional groups attached to an aromatic ring is 1. The van der Waals surface area contributed by atoms with Crippen molar-refractivity contribution in [3.63, 3.8) is 0 Å². The first-order valence-electron chi connectivity index (χ1n) is 6.75. The monoisotopic (exact) mass is 280 g/mol. The summed E-state index contributed by atoms with van der Waals surface area (Å²) >= 11 is 0. The zero-order valence-electron chi connectivity index (χ0n) is 11.5. The molecule has 0 aliphatic carbocycles. The van der Waals surface area contributed by atoms with Gasteiger partial charge in [-0.25, -0.2) is 0 Å². The summed E-state index contributed by atoms with van der Waals surface area (Å²) in [5, 5.41) is 13.5. The number of nitrogens with zero attached hydrogens (tertiary/aromatic N) is 2. The Hall–Kier alpha value is -2.82. The van der Waals surface area contributed by atoms with Gasteiger partial charge in [0.2, 0.25) is 0 Å². The third-order valence-electron chi connectivity index (χ3n) is 3.11. The molecule has 0 spiro atoms. The van der Waals surface area contributed by atoms with Crippen molar-refractivity contribution in [2.45, 2.75) is 0 Å². The van der Waals surface area contributed by atoms with Gasteiger partial charge in [-0.05, 0) is 24.3 Å². The lowest BCUT2D eigenvalue weighted by Crippen LogP contribution is -2.13. The van der Waals surface area contributed by atoms with Crippen LogP contribution in [0.5, 0.6) is 5.75 Å². The molecule has 5 heteroatoms. The number of anilines is 2. The number of rotatable bonds is 5. The Labute approximate surface area is 122 Å². The minimum Gasteiger partial charge on any atom is -0.492 e. The van der Waals surface area contributed by atoms with Crippen LogP contribution in [0.25, 0.3) is 10.8 Å². The van der Waals surface area contributed by atoms with Crippen LogP contribution in [0, 0.1) is 0 Å². The smallest absolute Gasteiger partial charge is 0.156 e. The molecule has 0 aliphatic heterocycles. The van der Waals surface area contributed by atoms with Gasteiger partial charge in [0.1, 0.15) is 12.4 Å². The van der Waals surface area contributed by atoms with E-state index in [1.807, 2.05) is 48.5 Å². The summed E-state index contributed by atoms with van der Waals surface area (Å²) in [7, 11) is 0. The predicted octanol–water partition coefficient (Wildman–Crippen LogP) is 2.70. The second-order valence-corrected chi connectivity index (χ2v) is 4.62. The summed E-state index contributed by atoms with van der Waals surface area (Å²) < 4.78 is 5.63. The molecule has 3 aromatic rings. The molecule has 0 fully saturated rings. The van der Waals surface area contributed by atoms with Crippen molar-refractivity contribution < 1.29 is 4.74 Å². The van der Waals surface area contributed by atoms with Crippen LogP contribution in [0.15, 0.2) is 54.7 Å². The van der Waals surface area contributed by atoms with Crippen LogP contribution < -0.4 is 15.8 Å². The number of fused-ring (bicyclic) bond motifs is 1. The third kappa shape index (κ3) is 3.20. The highest BCUT2D eigenvalue weighted by atomic mass is 16.5. The fourth-order valence-corrected chi connectivity index (χ4v) is 2.06. The number of ether oxygens (including phenoxy) is 1. The van der Waals surface area contributed by atoms with Crippen LogP contribution in [0.4, 0.5) is 11.5 Å². The van der Waals surface area contributed by atoms with Crippen molar-refractivity contribution in [1.29, 1.82) is 0 Å². The second kappa shape index (κ2) is 6.09. The Balaban J connectivity index is 1.58. The molecule has 0 unspecified atom stereocenters. The largest absolute Gasteiger partial charge is 0.492 e. The van der Waals surface area contributed by atoms with Crippen molar-refractivity contribution in [2.24, 2.45) is 0 Å². The fraction of sp³-hybridized carbons (Fsp3) is 0.125. The van der Waals surface area contributed by atoms with E-state index < -0.39 is 0 Å². The van der Waals surface area contributed by atoms with E-state index in [9.17, 15) is 0 Å². The van der Waals surface area contributed by atoms with E-state index >= 15 is 0 Å². The third-order valence-corrected chi connectivity index (χ3v) is 3.11. The molecule has 0 bridgehead atoms. The van der Waals surface area contributed by atoms with E-state index in [2.05, 4.69) is 15.5 Å². The maximum Gasteiger partial charge on any atom is 0.156 e. The van der Waals surface area contributed by atoms with Gasteiger partial charge in [0.15, 0.2) is 5.82 Å². The van der Waals surface area contributed by atoms with Crippen molar-refractivity contribution in [3.05, 3.63) is 54.7 Å². The van der Waals surface area contributed by atoms with Gasteiger partial charge in [0, 0.05) is 16.5 Å². The minimum atomic E-state index is 0.537. The SMILES string of the molecule is Nc1ccc(OCCNc2nncc3ccccc23)cc1. The minimum absolute atomic E-state index is 0.537. The van der Waals surface area contributed by atoms with Gasteiger partial charge in [-0.3, -0.25) is 0 Å². The first kappa shape index (κ1) is 13.2. The van der Waals surface area contributed by atoms with Crippen LogP contribution in [-0.4, -0.2) is 23.3 Å². The molecule has 0 saturated carbocycles. The zero-order chi connectivity index (χ0) is 14.5. The van der Waals surface area contributed by atoms with Crippen LogP contribution in [-0.2, 0) is 0 Å². The molecule has 21 heavy (non-hydrogen) atoms. The van der Waals surface area contributed by atoms with Crippen LogP contribution in [0.2, 0.25) is 0 Å². The molecule has 106 valence electrons. The number of nitrogens with two attached hydrogens (primary N) is 1. The van der Waals surface area contributed by atoms with Gasteiger partial charge < -0.3 is 15.8 Å². The van der Waals surface area contributed by atoms with Crippen molar-refractivity contribution in [1.82, 2.24) is 10.2 Å². The normalized spacial score (nSPS) is 10.5. The molecule has 3 rings (SSSR count). The molecule has 3 N–H and O–H groups in total. The molecular weight excluding hydrogens is 264 g/mol. The molecule has 0 radical (unpaired) electrons. The Morgan fingerprint density at radius 1 is 1.05 bits per heavy atom. The topological polar surface area (TPSA) is 73.1 Å². The molecule has 1 heterocycles. The average Bonchev–Trinajstić information content (AvgIpc) is 2.53. The second-order valence-electron chi connectivity index (χ2n) is 4.62. The van der Waals surface area contributed by atoms with Gasteiger partial charge in [0.05, 0.1) is 12.7 Å². The van der Waals surface area contributed by atoms with E-state index in [0.717, 1.165) is 28.0 Å². The van der Waals surface area contributed by atoms with E-state index in [-0.39, 0.29) is 0 Å². The Morgan fingerprint density at radius 2 is 1.86 bits per heavy atom. The van der Waals surface area contributed by atoms with Gasteiger partial charge in [-0.2, -0.15) is 5.10 Å². The summed E-state index contributed by atoms with van der Waals surface area (Å²) in [5.41, 5.74) is 6.36. The lowest BCUT2D eigenvalue weighted by Gasteiger charge is -2.09. The number of benzene rings is 2. The highest BCUT2D eigenvalue weighted by molar-refractivity contribution is 5.90. The van der Waals surface area contributed by atoms with Crippen LogP contribution in [0.1, 0.15) is 0 Å². The fourth-order valence-electron chi connectivity index (χ4n) is 2.06. The maximum absolute atomic E-state index is 5.63. The number of hydrogen-bond acceptors (Lipinski definition) is 5. The number of aromatic nitrogens is 2. The molecule has 0 atom stereocenters. The van der Waals surface area contributed by atoms with Crippen molar-refractivity contribution in [2.75, 3.05) is 24.2 Å². The van der Waals surface area contributed by atoms with Gasteiger partial charge in [-0.1, -0.05) is 24.3 Å². The molecule has 2 aromatic carbocycles. The van der Waals surface area contributed by atoms with Crippen molar-refractivity contribution >= 4 is 22.3 Å². The standard InChI is InChI=1S/C16H16N4O/c17-13-5-7-14(8-6-13)21-10-9-18-16-15-4-2-1-3-12(15)11-19-20-16/h1-8,11H,9-10,17H2,(H,18,20). The molecule has 1 aromatic heterocycles. The summed E-state index contributed by atoms with van der Waals surface area (Å²) in [6.45, 7) is 1.18. The average molecular weight is 280 g/mol. The predicted molar refractivity (Wildman–Crippen MR) is 84.4 cm³/mol. The van der Waals surface area contributed by atoms with Gasteiger partial charge in [-0.15, -0.1) is 5.10 Å². The Kier molecular flexibility index (Phi) is 3.82. The zero-order valence-corrected chi connectivity index (χ0v) is 11.5. The lowest BCUT2D eigenvalue weighted by atomic mass is 10.2. The quantitative estimate of drug-likeness (QED) is 0.555. The molecule has 0 aliphatic rings. The summed E-state index contributed by atoms with van der Waals surface area (Å²) in [6.07, 6.45) is 1.76. The molecule has 0 saturated heterocycles. The molecule has 5 nitrogen and oxygen atoms in total. The van der Waals surface area contributed by atoms with Gasteiger partial charge in [0.25, 0.3) is 0 Å². The maximum atomic E-state index is 5.63. The molecule has 0 amide bonds. The highest BCUT2D eigenvalue weighted by Crippen LogP contribution is 2.19. The van der Waals surface area contributed by atoms with E-state index in [4.69, 9.17) is 10.5 Å². The Bertz CT molecular complexity index is 722. The number of hydrogen-bond donors (Lipinski definition) is 2. The van der Waals surface area contributed by atoms with E-state index in [0.29, 0.717) is 13.2 Å². The van der Waals surface area contributed by atoms with E-state index in [1.165, 1.54) is 0 Å². The summed E-state index contributed by atoms with van der Waals surface area (Å²) in [6, 6.07) is 15.4. The highest BCUT2D eigenvalue weighted by Gasteiger charge is 2.02. The first-order valence-corrected chi connectivity index (χ1v) is 6.75. The molecular formula is C16H16N4O. The van der Waals surface area contributed by atoms with Gasteiger partial charge >= 0.3 is 0 Å². The van der Waals surface area contributed by atoms with E-state index in [1.54, 1.807) is 6.20 Å². The number of nitrogens with one attached hydrogen (secondary N) is 1. The first-order chi connectivity index (χ1) is 10.3. The summed E-state index contributed by atoms with van der Waals surface area (Å²) in [4.78, 5) is 0. The van der Waals surface area contributed by atoms with Crippen molar-refractivity contribution in [3.8, 4) is 5.75 Å². The van der Waals surface area contributed by atoms with Crippen LogP contribution >= 0.6 is 0 Å². The Morgan fingerprint density at radius 3 is 2.71 bits per heavy atom. The summed E-state index contributed by atoms with van der Waals surface area (Å²) in [5.74, 6) is 1.57.